The summed E-state index contributed by atoms with van der Waals surface area (Å²) < 4.78 is 0. The first-order valence-electron chi connectivity index (χ1n) is 2.00. The molecule has 1 atom stereocenters. The van der Waals surface area contributed by atoms with Crippen LogP contribution in [0.5, 0.6) is 0 Å². The molecule has 0 saturated carbocycles. The Morgan fingerprint density at radius 2 is 1.67 bits per heavy atom. The van der Waals surface area contributed by atoms with Crippen molar-refractivity contribution in [2.24, 2.45) is 5.92 Å². The van der Waals surface area contributed by atoms with Crippen molar-refractivity contribution in [3.63, 3.8) is 0 Å². The van der Waals surface area contributed by atoms with Gasteiger partial charge in [0.1, 0.15) is 0 Å². The molecule has 9 heavy (non-hydrogen) atoms. The Balaban J connectivity index is -0.0000000286. The largest absolute Gasteiger partial charge is 0.400 e. The van der Waals surface area contributed by atoms with Gasteiger partial charge in [0.15, 0.2) is 0 Å². The van der Waals surface area contributed by atoms with Crippen molar-refractivity contribution in [3.05, 3.63) is 6.92 Å². The Morgan fingerprint density at radius 1 is 1.56 bits per heavy atom. The molecule has 0 amide bonds. The summed E-state index contributed by atoms with van der Waals surface area (Å²) in [7, 11) is 1.00. The molecule has 0 aliphatic rings. The summed E-state index contributed by atoms with van der Waals surface area (Å²) in [5, 5.41) is 7.00. The summed E-state index contributed by atoms with van der Waals surface area (Å²) >= 11 is 0. The van der Waals surface area contributed by atoms with Gasteiger partial charge in [-0.15, -0.1) is 22.9 Å². The van der Waals surface area contributed by atoms with Crippen LogP contribution in [0.4, 0.5) is 0 Å². The van der Waals surface area contributed by atoms with Crippen LogP contribution < -0.4 is 0 Å². The van der Waals surface area contributed by atoms with Crippen molar-refractivity contribution in [2.75, 3.05) is 7.11 Å². The number of carbonyl (C=O) groups is 1. The number of aliphatic hydroxyl groups excluding tert-OH is 1. The third kappa shape index (κ3) is 53.0. The molecule has 0 heterocycles. The van der Waals surface area contributed by atoms with Gasteiger partial charge < -0.3 is 16.8 Å². The summed E-state index contributed by atoms with van der Waals surface area (Å²) in [6, 6.07) is 0. The Bertz CT molecular complexity index is 41.9. The second-order valence-electron chi connectivity index (χ2n) is 1.11. The summed E-state index contributed by atoms with van der Waals surface area (Å²) in [6.45, 7) is 5.13. The fourth-order valence-corrected chi connectivity index (χ4v) is 0. The molecule has 1 N–H and O–H groups in total. The van der Waals surface area contributed by atoms with E-state index >= 15 is 0 Å². The van der Waals surface area contributed by atoms with Crippen molar-refractivity contribution in [2.45, 2.75) is 6.92 Å². The minimum absolute atomic E-state index is 0. The molecule has 4 heteroatoms. The standard InChI is InChI=1S/C4H7O.CH4O.BrH.Zn/c1-4(2)3-5;1-2;;/h3-4H,1H2,2H3;2H,1H3;1H;/q-1;;;. The van der Waals surface area contributed by atoms with Crippen LogP contribution in [-0.2, 0) is 24.3 Å². The predicted molar refractivity (Wildman–Crippen MR) is 39.0 cm³/mol. The average Bonchev–Trinajstić information content (AvgIpc) is 1.73. The number of aldehydes is 1. The monoisotopic (exact) mass is 247 g/mol. The van der Waals surface area contributed by atoms with Crippen LogP contribution in [0.1, 0.15) is 6.92 Å². The maximum Gasteiger partial charge on any atom is 0.0925 e. The van der Waals surface area contributed by atoms with E-state index in [1.165, 1.54) is 0 Å². The van der Waals surface area contributed by atoms with E-state index in [1.807, 2.05) is 0 Å². The van der Waals surface area contributed by atoms with Gasteiger partial charge in [-0.2, -0.15) is 0 Å². The number of hydrogen-bond acceptors (Lipinski definition) is 2. The third-order valence-corrected chi connectivity index (χ3v) is 0.232. The molecular weight excluding hydrogens is 237 g/mol. The van der Waals surface area contributed by atoms with Gasteiger partial charge in [-0.1, -0.05) is 6.92 Å². The molecule has 54 valence electrons. The predicted octanol–water partition coefficient (Wildman–Crippen LogP) is 0.839. The van der Waals surface area contributed by atoms with Gasteiger partial charge in [0.2, 0.25) is 0 Å². The minimum Gasteiger partial charge on any atom is -0.400 e. The molecule has 0 spiro atoms. The number of halogens is 1. The van der Waals surface area contributed by atoms with Crippen LogP contribution in [0.25, 0.3) is 0 Å². The van der Waals surface area contributed by atoms with Crippen molar-refractivity contribution < 1.29 is 29.4 Å². The smallest absolute Gasteiger partial charge is 0.0925 e. The molecule has 0 bridgehead atoms. The van der Waals surface area contributed by atoms with Gasteiger partial charge in [-0.05, 0) is 0 Å². The zero-order chi connectivity index (χ0) is 6.28. The Labute approximate surface area is 79.6 Å². The van der Waals surface area contributed by atoms with Crippen molar-refractivity contribution in [3.8, 4) is 0 Å². The molecule has 0 fully saturated rings. The zero-order valence-electron chi connectivity index (χ0n) is 5.83. The fraction of sp³-hybridized carbons (Fsp3) is 0.600. The van der Waals surface area contributed by atoms with E-state index in [4.69, 9.17) is 5.11 Å². The van der Waals surface area contributed by atoms with E-state index in [0.29, 0.717) is 0 Å². The molecule has 1 unspecified atom stereocenters. The quantitative estimate of drug-likeness (QED) is 0.425. The molecule has 0 rings (SSSR count). The van der Waals surface area contributed by atoms with E-state index in [-0.39, 0.29) is 42.4 Å². The van der Waals surface area contributed by atoms with Gasteiger partial charge >= 0.3 is 0 Å². The second-order valence-corrected chi connectivity index (χ2v) is 1.11. The number of carbonyl (C=O) groups excluding carboxylic acids is 1. The summed E-state index contributed by atoms with van der Waals surface area (Å²) in [4.78, 5) is 9.44. The molecule has 0 saturated heterocycles. The van der Waals surface area contributed by atoms with Gasteiger partial charge in [-0.3, -0.25) is 0 Å². The molecule has 0 aliphatic heterocycles. The van der Waals surface area contributed by atoms with Crippen LogP contribution in [0.2, 0.25) is 0 Å². The Kier molecular flexibility index (Phi) is 58.5. The van der Waals surface area contributed by atoms with Gasteiger partial charge in [0.05, 0.1) is 6.29 Å². The van der Waals surface area contributed by atoms with Gasteiger partial charge in [-0.25, -0.2) is 0 Å². The van der Waals surface area contributed by atoms with Crippen molar-refractivity contribution in [1.29, 1.82) is 0 Å². The summed E-state index contributed by atoms with van der Waals surface area (Å²) in [5.74, 6) is -0.0463. The van der Waals surface area contributed by atoms with Crippen LogP contribution in [-0.4, -0.2) is 18.5 Å². The Morgan fingerprint density at radius 3 is 1.67 bits per heavy atom. The van der Waals surface area contributed by atoms with Crippen molar-refractivity contribution >= 4 is 23.3 Å². The number of rotatable bonds is 1. The molecule has 0 aromatic rings. The first-order chi connectivity index (χ1) is 3.27. The maximum atomic E-state index is 9.44. The number of hydrogen-bond donors (Lipinski definition) is 1. The topological polar surface area (TPSA) is 37.3 Å². The van der Waals surface area contributed by atoms with Crippen LogP contribution >= 0.6 is 17.0 Å². The molecular formula is C5H12BrO2Zn-. The molecule has 0 radical (unpaired) electrons. The maximum absolute atomic E-state index is 9.44. The first-order valence-corrected chi connectivity index (χ1v) is 2.00. The SMILES string of the molecule is Br.CO.[CH2-]C(C)C=O.[Zn]. The van der Waals surface area contributed by atoms with Crippen LogP contribution in [0.3, 0.4) is 0 Å². The first kappa shape index (κ1) is 22.6. The average molecular weight is 249 g/mol. The fourth-order valence-electron chi connectivity index (χ4n) is 0. The number of aliphatic hydroxyl groups is 1. The van der Waals surface area contributed by atoms with Crippen LogP contribution in [0, 0.1) is 12.8 Å². The van der Waals surface area contributed by atoms with Gasteiger partial charge in [0.25, 0.3) is 0 Å². The second kappa shape index (κ2) is 23.3. The Hall–Kier alpha value is 0.733. The van der Waals surface area contributed by atoms with Crippen molar-refractivity contribution in [1.82, 2.24) is 0 Å². The summed E-state index contributed by atoms with van der Waals surface area (Å²) in [5.41, 5.74) is 0. The summed E-state index contributed by atoms with van der Waals surface area (Å²) in [6.07, 6.45) is 0.806. The molecule has 2 nitrogen and oxygen atoms in total. The van der Waals surface area contributed by atoms with E-state index in [2.05, 4.69) is 6.92 Å². The van der Waals surface area contributed by atoms with E-state index in [1.54, 1.807) is 6.92 Å². The zero-order valence-corrected chi connectivity index (χ0v) is 10.5. The normalized spacial score (nSPS) is 8.44. The molecule has 0 aromatic heterocycles. The van der Waals surface area contributed by atoms with Gasteiger partial charge in [0, 0.05) is 26.6 Å². The minimum atomic E-state index is -0.0463. The molecule has 0 aliphatic carbocycles. The van der Waals surface area contributed by atoms with E-state index in [0.717, 1.165) is 13.4 Å². The van der Waals surface area contributed by atoms with Crippen LogP contribution in [0.15, 0.2) is 0 Å². The molecule has 0 aromatic carbocycles. The van der Waals surface area contributed by atoms with E-state index in [9.17, 15) is 4.79 Å². The van der Waals surface area contributed by atoms with E-state index < -0.39 is 0 Å². The third-order valence-electron chi connectivity index (χ3n) is 0.232.